The topological polar surface area (TPSA) is 12.0 Å². The van der Waals surface area contributed by atoms with Gasteiger partial charge in [-0.05, 0) is 61.5 Å². The lowest BCUT2D eigenvalue weighted by atomic mass is 10.1. The fourth-order valence-electron chi connectivity index (χ4n) is 2.02. The van der Waals surface area contributed by atoms with Crippen LogP contribution in [-0.2, 0) is 0 Å². The number of hydrogen-bond donors (Lipinski definition) is 1. The minimum Gasteiger partial charge on any atom is -0.312 e. The average molecular weight is 310 g/mol. The molecule has 1 nitrogen and oxygen atoms in total. The molecule has 0 aliphatic heterocycles. The summed E-state index contributed by atoms with van der Waals surface area (Å²) in [4.78, 5) is 1.16. The second-order valence-electron chi connectivity index (χ2n) is 4.67. The lowest BCUT2D eigenvalue weighted by Gasteiger charge is -2.17. The van der Waals surface area contributed by atoms with E-state index in [9.17, 15) is 4.39 Å². The Morgan fingerprint density at radius 3 is 2.50 bits per heavy atom. The molecular weight excluding hydrogens is 293 g/mol. The van der Waals surface area contributed by atoms with Crippen molar-refractivity contribution < 1.29 is 4.39 Å². The van der Waals surface area contributed by atoms with Gasteiger partial charge in [-0.2, -0.15) is 0 Å². The molecule has 0 radical (unpaired) electrons. The Morgan fingerprint density at radius 2 is 1.90 bits per heavy atom. The molecule has 1 atom stereocenters. The molecular formula is C16H17ClFNS. The molecule has 0 fully saturated rings. The van der Waals surface area contributed by atoms with E-state index in [2.05, 4.69) is 5.32 Å². The maximum absolute atomic E-state index is 13.5. The summed E-state index contributed by atoms with van der Waals surface area (Å²) in [6.07, 6.45) is 0. The third-order valence-electron chi connectivity index (χ3n) is 3.05. The third-order valence-corrected chi connectivity index (χ3v) is 4.40. The number of aryl methyl sites for hydroxylation is 1. The molecule has 106 valence electrons. The van der Waals surface area contributed by atoms with Crippen LogP contribution in [0.25, 0.3) is 0 Å². The summed E-state index contributed by atoms with van der Waals surface area (Å²) in [5, 5.41) is 3.98. The van der Waals surface area contributed by atoms with Gasteiger partial charge in [0.1, 0.15) is 5.82 Å². The summed E-state index contributed by atoms with van der Waals surface area (Å²) < 4.78 is 13.5. The second-order valence-corrected chi connectivity index (χ2v) is 6.20. The summed E-state index contributed by atoms with van der Waals surface area (Å²) in [6.45, 7) is 1.91. The first-order valence-corrected chi connectivity index (χ1v) is 7.77. The first-order chi connectivity index (χ1) is 9.58. The van der Waals surface area contributed by atoms with Crippen molar-refractivity contribution in [2.24, 2.45) is 0 Å². The molecule has 1 N–H and O–H groups in total. The van der Waals surface area contributed by atoms with Crippen molar-refractivity contribution in [2.45, 2.75) is 17.9 Å². The van der Waals surface area contributed by atoms with Gasteiger partial charge in [-0.3, -0.25) is 0 Å². The number of benzene rings is 2. The van der Waals surface area contributed by atoms with Crippen molar-refractivity contribution in [3.63, 3.8) is 0 Å². The molecule has 0 bridgehead atoms. The van der Waals surface area contributed by atoms with Crippen molar-refractivity contribution in [1.82, 2.24) is 5.32 Å². The van der Waals surface area contributed by atoms with Gasteiger partial charge in [0.15, 0.2) is 0 Å². The summed E-state index contributed by atoms with van der Waals surface area (Å²) in [6, 6.07) is 13.0. The second kappa shape index (κ2) is 7.11. The van der Waals surface area contributed by atoms with Crippen molar-refractivity contribution >= 4 is 23.4 Å². The maximum atomic E-state index is 13.5. The zero-order chi connectivity index (χ0) is 14.5. The van der Waals surface area contributed by atoms with Crippen LogP contribution in [0, 0.1) is 12.7 Å². The van der Waals surface area contributed by atoms with Crippen LogP contribution in [0.3, 0.4) is 0 Å². The van der Waals surface area contributed by atoms with Gasteiger partial charge in [0, 0.05) is 21.7 Å². The number of rotatable bonds is 5. The van der Waals surface area contributed by atoms with Gasteiger partial charge in [0.2, 0.25) is 0 Å². The highest BCUT2D eigenvalue weighted by Gasteiger charge is 2.11. The Balaban J connectivity index is 2.07. The fourth-order valence-corrected chi connectivity index (χ4v) is 3.20. The Labute approximate surface area is 128 Å². The number of halogens is 2. The SMILES string of the molecule is CNC(CSc1ccc(Cl)cc1)c1cc(C)cc(F)c1. The number of nitrogens with one attached hydrogen (secondary N) is 1. The first-order valence-electron chi connectivity index (χ1n) is 6.41. The summed E-state index contributed by atoms with van der Waals surface area (Å²) >= 11 is 7.59. The Bertz CT molecular complexity index is 551. The monoisotopic (exact) mass is 309 g/mol. The third kappa shape index (κ3) is 4.23. The van der Waals surface area contributed by atoms with Crippen LogP contribution >= 0.6 is 23.4 Å². The van der Waals surface area contributed by atoms with E-state index in [-0.39, 0.29) is 11.9 Å². The predicted molar refractivity (Wildman–Crippen MR) is 85.1 cm³/mol. The Hall–Kier alpha value is -1.03. The molecule has 0 heterocycles. The van der Waals surface area contributed by atoms with Gasteiger partial charge in [-0.25, -0.2) is 4.39 Å². The summed E-state index contributed by atoms with van der Waals surface area (Å²) in [5.41, 5.74) is 1.92. The highest BCUT2D eigenvalue weighted by Crippen LogP contribution is 2.26. The highest BCUT2D eigenvalue weighted by molar-refractivity contribution is 7.99. The van der Waals surface area contributed by atoms with Crippen molar-refractivity contribution in [1.29, 1.82) is 0 Å². The van der Waals surface area contributed by atoms with Crippen LogP contribution < -0.4 is 5.32 Å². The molecule has 0 saturated carbocycles. The zero-order valence-electron chi connectivity index (χ0n) is 11.5. The molecule has 0 aliphatic carbocycles. The van der Waals surface area contributed by atoms with Gasteiger partial charge in [-0.15, -0.1) is 11.8 Å². The normalized spacial score (nSPS) is 12.4. The predicted octanol–water partition coefficient (Wildman–Crippen LogP) is 4.84. The molecule has 2 rings (SSSR count). The molecule has 4 heteroatoms. The van der Waals surface area contributed by atoms with Crippen LogP contribution in [-0.4, -0.2) is 12.8 Å². The number of hydrogen-bond acceptors (Lipinski definition) is 2. The van der Waals surface area contributed by atoms with Gasteiger partial charge in [0.05, 0.1) is 0 Å². The van der Waals surface area contributed by atoms with E-state index in [0.29, 0.717) is 0 Å². The molecule has 0 saturated heterocycles. The number of thioether (sulfide) groups is 1. The highest BCUT2D eigenvalue weighted by atomic mass is 35.5. The van der Waals surface area contributed by atoms with Crippen LogP contribution in [0.15, 0.2) is 47.4 Å². The minimum atomic E-state index is -0.184. The average Bonchev–Trinajstić information content (AvgIpc) is 2.40. The van der Waals surface area contributed by atoms with E-state index >= 15 is 0 Å². The molecule has 1 unspecified atom stereocenters. The minimum absolute atomic E-state index is 0.116. The van der Waals surface area contributed by atoms with E-state index < -0.39 is 0 Å². The van der Waals surface area contributed by atoms with Crippen LogP contribution in [0.4, 0.5) is 4.39 Å². The molecule has 0 aromatic heterocycles. The van der Waals surface area contributed by atoms with Gasteiger partial charge < -0.3 is 5.32 Å². The van der Waals surface area contributed by atoms with Crippen LogP contribution in [0.2, 0.25) is 5.02 Å². The first kappa shape index (κ1) is 15.4. The molecule has 0 amide bonds. The van der Waals surface area contributed by atoms with E-state index in [1.54, 1.807) is 23.9 Å². The van der Waals surface area contributed by atoms with Crippen molar-refractivity contribution in [3.8, 4) is 0 Å². The standard InChI is InChI=1S/C16H17ClFNS/c1-11-7-12(9-14(18)8-11)16(19-2)10-20-15-5-3-13(17)4-6-15/h3-9,16,19H,10H2,1-2H3. The van der Waals surface area contributed by atoms with Crippen LogP contribution in [0.5, 0.6) is 0 Å². The molecule has 0 spiro atoms. The molecule has 20 heavy (non-hydrogen) atoms. The van der Waals surface area contributed by atoms with Gasteiger partial charge >= 0.3 is 0 Å². The van der Waals surface area contributed by atoms with Crippen molar-refractivity contribution in [2.75, 3.05) is 12.8 Å². The smallest absolute Gasteiger partial charge is 0.123 e. The maximum Gasteiger partial charge on any atom is 0.123 e. The molecule has 2 aromatic rings. The Morgan fingerprint density at radius 1 is 1.20 bits per heavy atom. The summed E-state index contributed by atoms with van der Waals surface area (Å²) in [7, 11) is 1.90. The molecule has 0 aliphatic rings. The largest absolute Gasteiger partial charge is 0.312 e. The van der Waals surface area contributed by atoms with Crippen molar-refractivity contribution in [3.05, 3.63) is 64.4 Å². The summed E-state index contributed by atoms with van der Waals surface area (Å²) in [5.74, 6) is 0.651. The Kier molecular flexibility index (Phi) is 5.46. The lowest BCUT2D eigenvalue weighted by molar-refractivity contribution is 0.609. The van der Waals surface area contributed by atoms with E-state index in [4.69, 9.17) is 11.6 Å². The fraction of sp³-hybridized carbons (Fsp3) is 0.250. The lowest BCUT2D eigenvalue weighted by Crippen LogP contribution is -2.19. The zero-order valence-corrected chi connectivity index (χ0v) is 13.1. The van der Waals surface area contributed by atoms with Gasteiger partial charge in [0.25, 0.3) is 0 Å². The van der Waals surface area contributed by atoms with E-state index in [1.807, 2.05) is 44.3 Å². The quantitative estimate of drug-likeness (QED) is 0.793. The van der Waals surface area contributed by atoms with E-state index in [1.165, 1.54) is 0 Å². The molecule has 2 aromatic carbocycles. The van der Waals surface area contributed by atoms with E-state index in [0.717, 1.165) is 26.8 Å². The van der Waals surface area contributed by atoms with Gasteiger partial charge in [-0.1, -0.05) is 17.7 Å². The van der Waals surface area contributed by atoms with Crippen LogP contribution in [0.1, 0.15) is 17.2 Å².